The molecule has 3 heteroatoms. The van der Waals surface area contributed by atoms with Crippen LogP contribution in [0.2, 0.25) is 0 Å². The van der Waals surface area contributed by atoms with Crippen LogP contribution in [0.1, 0.15) is 24.8 Å². The molecule has 0 spiro atoms. The number of halogens is 1. The van der Waals surface area contributed by atoms with Crippen molar-refractivity contribution in [3.63, 3.8) is 0 Å². The Kier molecular flexibility index (Phi) is 3.25. The van der Waals surface area contributed by atoms with Gasteiger partial charge in [-0.3, -0.25) is 0 Å². The van der Waals surface area contributed by atoms with E-state index in [-0.39, 0.29) is 11.9 Å². The normalized spacial score (nSPS) is 20.4. The second-order valence-electron chi connectivity index (χ2n) is 4.09. The fourth-order valence-electron chi connectivity index (χ4n) is 2.06. The molecular weight excluding hydrogens is 205 g/mol. The maximum Gasteiger partial charge on any atom is 0.134 e. The first kappa shape index (κ1) is 11.1. The smallest absolute Gasteiger partial charge is 0.134 e. The molecule has 0 aromatic heterocycles. The number of rotatable bonds is 2. The van der Waals surface area contributed by atoms with Crippen LogP contribution in [-0.4, -0.2) is 13.2 Å². The highest BCUT2D eigenvalue weighted by molar-refractivity contribution is 5.68. The zero-order valence-electron chi connectivity index (χ0n) is 9.37. The van der Waals surface area contributed by atoms with Gasteiger partial charge >= 0.3 is 0 Å². The van der Waals surface area contributed by atoms with E-state index in [1.54, 1.807) is 12.1 Å². The summed E-state index contributed by atoms with van der Waals surface area (Å²) >= 11 is 0. The predicted molar refractivity (Wildman–Crippen MR) is 62.8 cm³/mol. The summed E-state index contributed by atoms with van der Waals surface area (Å²) in [6.07, 6.45) is 4.88. The van der Waals surface area contributed by atoms with Gasteiger partial charge in [0, 0.05) is 17.7 Å². The van der Waals surface area contributed by atoms with Crippen LogP contribution in [0, 0.1) is 5.82 Å². The number of nitrogens with two attached hydrogens (primary N) is 1. The summed E-state index contributed by atoms with van der Waals surface area (Å²) < 4.78 is 18.8. The summed E-state index contributed by atoms with van der Waals surface area (Å²) in [4.78, 5) is 0. The van der Waals surface area contributed by atoms with Crippen LogP contribution in [0.5, 0.6) is 5.75 Å². The number of allylic oxidation sites excluding steroid dienone is 1. The first-order valence-electron chi connectivity index (χ1n) is 5.51. The Morgan fingerprint density at radius 2 is 2.25 bits per heavy atom. The maximum absolute atomic E-state index is 13.8. The lowest BCUT2D eigenvalue weighted by molar-refractivity contribution is 0.411. The highest BCUT2D eigenvalue weighted by atomic mass is 19.1. The fourth-order valence-corrected chi connectivity index (χ4v) is 2.06. The lowest BCUT2D eigenvalue weighted by atomic mass is 9.91. The Balaban J connectivity index is 2.33. The second-order valence-corrected chi connectivity index (χ2v) is 4.09. The molecule has 2 N–H and O–H groups in total. The van der Waals surface area contributed by atoms with Gasteiger partial charge in [-0.05, 0) is 37.0 Å². The second kappa shape index (κ2) is 4.66. The highest BCUT2D eigenvalue weighted by Crippen LogP contribution is 2.29. The lowest BCUT2D eigenvalue weighted by Gasteiger charge is -2.18. The topological polar surface area (TPSA) is 35.2 Å². The molecule has 0 saturated carbocycles. The third kappa shape index (κ3) is 2.25. The van der Waals surface area contributed by atoms with Crippen molar-refractivity contribution in [2.45, 2.75) is 25.3 Å². The maximum atomic E-state index is 13.8. The SMILES string of the molecule is COc1ccc(C2=CC(N)CCC2)c(F)c1. The summed E-state index contributed by atoms with van der Waals surface area (Å²) in [5.74, 6) is 0.307. The molecule has 86 valence electrons. The molecule has 0 amide bonds. The third-order valence-electron chi connectivity index (χ3n) is 2.92. The quantitative estimate of drug-likeness (QED) is 0.833. The Morgan fingerprint density at radius 1 is 1.44 bits per heavy atom. The number of hydrogen-bond donors (Lipinski definition) is 1. The van der Waals surface area contributed by atoms with Gasteiger partial charge in [-0.15, -0.1) is 0 Å². The Bertz CT molecular complexity index is 414. The van der Waals surface area contributed by atoms with E-state index < -0.39 is 0 Å². The first-order valence-corrected chi connectivity index (χ1v) is 5.51. The number of hydrogen-bond acceptors (Lipinski definition) is 2. The standard InChI is InChI=1S/C13H16FNO/c1-16-11-5-6-12(13(14)8-11)9-3-2-4-10(15)7-9/h5-8,10H,2-4,15H2,1H3. The predicted octanol–water partition coefficient (Wildman–Crippen LogP) is 2.73. The van der Waals surface area contributed by atoms with Gasteiger partial charge in [0.25, 0.3) is 0 Å². The fraction of sp³-hybridized carbons (Fsp3) is 0.385. The van der Waals surface area contributed by atoms with E-state index >= 15 is 0 Å². The summed E-state index contributed by atoms with van der Waals surface area (Å²) in [5.41, 5.74) is 7.51. The minimum absolute atomic E-state index is 0.0604. The molecule has 1 aromatic rings. The zero-order chi connectivity index (χ0) is 11.5. The number of benzene rings is 1. The van der Waals surface area contributed by atoms with Gasteiger partial charge in [-0.25, -0.2) is 4.39 Å². The largest absolute Gasteiger partial charge is 0.497 e. The molecule has 0 fully saturated rings. The van der Waals surface area contributed by atoms with Crippen molar-refractivity contribution in [3.05, 3.63) is 35.7 Å². The minimum Gasteiger partial charge on any atom is -0.497 e. The lowest BCUT2D eigenvalue weighted by Crippen LogP contribution is -2.20. The van der Waals surface area contributed by atoms with Crippen molar-refractivity contribution in [2.24, 2.45) is 5.73 Å². The van der Waals surface area contributed by atoms with E-state index in [1.807, 2.05) is 6.08 Å². The van der Waals surface area contributed by atoms with E-state index in [9.17, 15) is 4.39 Å². The van der Waals surface area contributed by atoms with Gasteiger partial charge in [0.2, 0.25) is 0 Å². The Labute approximate surface area is 94.9 Å². The monoisotopic (exact) mass is 221 g/mol. The Hall–Kier alpha value is -1.35. The van der Waals surface area contributed by atoms with E-state index in [1.165, 1.54) is 13.2 Å². The van der Waals surface area contributed by atoms with Crippen LogP contribution in [-0.2, 0) is 0 Å². The number of ether oxygens (including phenoxy) is 1. The van der Waals surface area contributed by atoms with Crippen molar-refractivity contribution < 1.29 is 9.13 Å². The van der Waals surface area contributed by atoms with Gasteiger partial charge in [0.1, 0.15) is 11.6 Å². The molecule has 1 aliphatic rings. The molecule has 0 aliphatic heterocycles. The first-order chi connectivity index (χ1) is 7.70. The van der Waals surface area contributed by atoms with Gasteiger partial charge in [-0.2, -0.15) is 0 Å². The Morgan fingerprint density at radius 3 is 2.88 bits per heavy atom. The number of methoxy groups -OCH3 is 1. The van der Waals surface area contributed by atoms with Gasteiger partial charge in [0.15, 0.2) is 0 Å². The summed E-state index contributed by atoms with van der Waals surface area (Å²) in [5, 5.41) is 0. The molecule has 2 nitrogen and oxygen atoms in total. The van der Waals surface area contributed by atoms with Crippen molar-refractivity contribution in [2.75, 3.05) is 7.11 Å². The molecule has 1 aliphatic carbocycles. The van der Waals surface area contributed by atoms with Crippen LogP contribution in [0.15, 0.2) is 24.3 Å². The van der Waals surface area contributed by atoms with Crippen molar-refractivity contribution in [3.8, 4) is 5.75 Å². The third-order valence-corrected chi connectivity index (χ3v) is 2.92. The highest BCUT2D eigenvalue weighted by Gasteiger charge is 2.14. The van der Waals surface area contributed by atoms with E-state index in [4.69, 9.17) is 10.5 Å². The van der Waals surface area contributed by atoms with Gasteiger partial charge in [-0.1, -0.05) is 6.08 Å². The van der Waals surface area contributed by atoms with Crippen molar-refractivity contribution in [1.82, 2.24) is 0 Å². The van der Waals surface area contributed by atoms with Crippen molar-refractivity contribution in [1.29, 1.82) is 0 Å². The molecular formula is C13H16FNO. The molecule has 2 rings (SSSR count). The van der Waals surface area contributed by atoms with E-state index in [0.29, 0.717) is 11.3 Å². The van der Waals surface area contributed by atoms with Crippen molar-refractivity contribution >= 4 is 5.57 Å². The summed E-state index contributed by atoms with van der Waals surface area (Å²) in [7, 11) is 1.53. The van der Waals surface area contributed by atoms with Crippen LogP contribution in [0.4, 0.5) is 4.39 Å². The van der Waals surface area contributed by atoms with Crippen LogP contribution < -0.4 is 10.5 Å². The molecule has 0 bridgehead atoms. The molecule has 1 unspecified atom stereocenters. The molecule has 1 atom stereocenters. The molecule has 1 aromatic carbocycles. The van der Waals surface area contributed by atoms with E-state index in [2.05, 4.69) is 0 Å². The average molecular weight is 221 g/mol. The minimum atomic E-state index is -0.236. The molecule has 0 saturated heterocycles. The molecule has 0 radical (unpaired) electrons. The molecule has 16 heavy (non-hydrogen) atoms. The van der Waals surface area contributed by atoms with Gasteiger partial charge in [0.05, 0.1) is 7.11 Å². The van der Waals surface area contributed by atoms with Crippen LogP contribution in [0.25, 0.3) is 5.57 Å². The van der Waals surface area contributed by atoms with E-state index in [0.717, 1.165) is 24.8 Å². The summed E-state index contributed by atoms with van der Waals surface area (Å²) in [6.45, 7) is 0. The molecule has 0 heterocycles. The zero-order valence-corrected chi connectivity index (χ0v) is 9.37. The average Bonchev–Trinajstić information content (AvgIpc) is 2.28. The van der Waals surface area contributed by atoms with Crippen LogP contribution >= 0.6 is 0 Å². The van der Waals surface area contributed by atoms with Crippen LogP contribution in [0.3, 0.4) is 0 Å². The summed E-state index contributed by atoms with van der Waals surface area (Å²) in [6, 6.07) is 5.01. The van der Waals surface area contributed by atoms with Gasteiger partial charge < -0.3 is 10.5 Å².